The molecule has 2 aromatic carbocycles. The Bertz CT molecular complexity index is 1200. The van der Waals surface area contributed by atoms with Gasteiger partial charge in [0.15, 0.2) is 0 Å². The SMILES string of the molecule is CCNC(=O)[C@H](CC)N(Cc1cccc(C)c1)C(=O)CN(c1cc([N+](=O)[O-])ccc1C)S(C)(=O)=O. The number of carbonyl (C=O) groups is 2. The van der Waals surface area contributed by atoms with Crippen LogP contribution < -0.4 is 9.62 Å². The van der Waals surface area contributed by atoms with E-state index in [1.54, 1.807) is 20.8 Å². The Morgan fingerprint density at radius 2 is 1.80 bits per heavy atom. The Kier molecular flexibility index (Phi) is 9.35. The van der Waals surface area contributed by atoms with Gasteiger partial charge in [0.25, 0.3) is 5.69 Å². The molecule has 2 rings (SSSR count). The molecule has 0 aromatic heterocycles. The third kappa shape index (κ3) is 7.25. The van der Waals surface area contributed by atoms with E-state index in [1.807, 2.05) is 31.2 Å². The van der Waals surface area contributed by atoms with Crippen LogP contribution >= 0.6 is 0 Å². The summed E-state index contributed by atoms with van der Waals surface area (Å²) in [5.41, 5.74) is 1.97. The van der Waals surface area contributed by atoms with Crippen molar-refractivity contribution in [3.8, 4) is 0 Å². The zero-order chi connectivity index (χ0) is 26.3. The monoisotopic (exact) mass is 504 g/mol. The standard InChI is InChI=1S/C24H32N4O6S/c1-6-21(24(30)25-7-2)26(15-19-10-8-9-17(3)13-19)23(29)16-27(35(5,33)34)22-14-20(28(31)32)12-11-18(22)4/h8-14,21H,6-7,15-16H2,1-5H3,(H,25,30)/t21-/m0/s1. The van der Waals surface area contributed by atoms with Crippen LogP contribution in [0.25, 0.3) is 0 Å². The fourth-order valence-corrected chi connectivity index (χ4v) is 4.69. The third-order valence-electron chi connectivity index (χ3n) is 5.52. The maximum Gasteiger partial charge on any atom is 0.271 e. The second-order valence-electron chi connectivity index (χ2n) is 8.33. The van der Waals surface area contributed by atoms with E-state index in [-0.39, 0.29) is 23.8 Å². The van der Waals surface area contributed by atoms with Gasteiger partial charge in [-0.25, -0.2) is 8.42 Å². The lowest BCUT2D eigenvalue weighted by Crippen LogP contribution is -2.52. The highest BCUT2D eigenvalue weighted by Gasteiger charge is 2.32. The van der Waals surface area contributed by atoms with Gasteiger partial charge in [0, 0.05) is 25.2 Å². The van der Waals surface area contributed by atoms with Gasteiger partial charge in [-0.05, 0) is 38.3 Å². The minimum Gasteiger partial charge on any atom is -0.355 e. The Hall–Kier alpha value is -3.47. The lowest BCUT2D eigenvalue weighted by molar-refractivity contribution is -0.384. The van der Waals surface area contributed by atoms with Crippen molar-refractivity contribution in [1.29, 1.82) is 0 Å². The fourth-order valence-electron chi connectivity index (χ4n) is 3.79. The summed E-state index contributed by atoms with van der Waals surface area (Å²) in [6.07, 6.45) is 1.25. The summed E-state index contributed by atoms with van der Waals surface area (Å²) in [5.74, 6) is -0.936. The number of non-ortho nitro benzene ring substituents is 1. The Labute approximate surface area is 206 Å². The van der Waals surface area contributed by atoms with E-state index >= 15 is 0 Å². The molecule has 0 heterocycles. The lowest BCUT2D eigenvalue weighted by atomic mass is 10.1. The number of amides is 2. The van der Waals surface area contributed by atoms with Crippen molar-refractivity contribution in [2.45, 2.75) is 46.7 Å². The van der Waals surface area contributed by atoms with E-state index < -0.39 is 33.4 Å². The highest BCUT2D eigenvalue weighted by molar-refractivity contribution is 7.92. The number of hydrogen-bond donors (Lipinski definition) is 1. The molecule has 0 aliphatic rings. The number of benzene rings is 2. The minimum absolute atomic E-state index is 0.0385. The van der Waals surface area contributed by atoms with E-state index in [1.165, 1.54) is 17.0 Å². The first-order valence-electron chi connectivity index (χ1n) is 11.2. The summed E-state index contributed by atoms with van der Waals surface area (Å²) < 4.78 is 26.3. The van der Waals surface area contributed by atoms with Gasteiger partial charge >= 0.3 is 0 Å². The van der Waals surface area contributed by atoms with Gasteiger partial charge in [0.05, 0.1) is 16.9 Å². The first-order valence-corrected chi connectivity index (χ1v) is 13.1. The summed E-state index contributed by atoms with van der Waals surface area (Å²) >= 11 is 0. The summed E-state index contributed by atoms with van der Waals surface area (Å²) in [7, 11) is -3.99. The van der Waals surface area contributed by atoms with Crippen LogP contribution in [0.4, 0.5) is 11.4 Å². The Balaban J connectivity index is 2.52. The number of nitro groups is 1. The molecule has 2 aromatic rings. The van der Waals surface area contributed by atoms with Crippen molar-refractivity contribution in [3.05, 3.63) is 69.3 Å². The summed E-state index contributed by atoms with van der Waals surface area (Å²) in [6.45, 7) is 6.93. The molecular formula is C24H32N4O6S. The van der Waals surface area contributed by atoms with Gasteiger partial charge < -0.3 is 10.2 Å². The number of anilines is 1. The van der Waals surface area contributed by atoms with Gasteiger partial charge in [-0.2, -0.15) is 0 Å². The van der Waals surface area contributed by atoms with E-state index in [0.29, 0.717) is 18.5 Å². The predicted octanol–water partition coefficient (Wildman–Crippen LogP) is 2.92. The summed E-state index contributed by atoms with van der Waals surface area (Å²) in [5, 5.41) is 14.0. The first-order chi connectivity index (χ1) is 16.4. The average Bonchev–Trinajstić information content (AvgIpc) is 2.77. The fraction of sp³-hybridized carbons (Fsp3) is 0.417. The van der Waals surface area contributed by atoms with Crippen molar-refractivity contribution in [1.82, 2.24) is 10.2 Å². The summed E-state index contributed by atoms with van der Waals surface area (Å²) in [6, 6.07) is 10.5. The van der Waals surface area contributed by atoms with Crippen LogP contribution in [0.2, 0.25) is 0 Å². The molecule has 1 N–H and O–H groups in total. The molecule has 0 radical (unpaired) electrons. The molecule has 10 nitrogen and oxygen atoms in total. The molecule has 0 aliphatic heterocycles. The topological polar surface area (TPSA) is 130 Å². The quantitative estimate of drug-likeness (QED) is 0.370. The van der Waals surface area contributed by atoms with Gasteiger partial charge in [-0.1, -0.05) is 42.8 Å². The molecule has 0 saturated carbocycles. The van der Waals surface area contributed by atoms with Crippen molar-refractivity contribution in [2.24, 2.45) is 0 Å². The molecule has 2 amide bonds. The normalized spacial score (nSPS) is 12.0. The molecular weight excluding hydrogens is 472 g/mol. The number of nitrogens with zero attached hydrogens (tertiary/aromatic N) is 3. The number of aryl methyl sites for hydroxylation is 2. The smallest absolute Gasteiger partial charge is 0.271 e. The van der Waals surface area contributed by atoms with Crippen molar-refractivity contribution in [3.63, 3.8) is 0 Å². The molecule has 0 fully saturated rings. The van der Waals surface area contributed by atoms with E-state index in [9.17, 15) is 28.1 Å². The second-order valence-corrected chi connectivity index (χ2v) is 10.2. The van der Waals surface area contributed by atoms with E-state index in [4.69, 9.17) is 0 Å². The number of nitrogens with one attached hydrogen (secondary N) is 1. The van der Waals surface area contributed by atoms with Crippen LogP contribution in [-0.4, -0.2) is 55.4 Å². The third-order valence-corrected chi connectivity index (χ3v) is 6.65. The van der Waals surface area contributed by atoms with E-state index in [0.717, 1.165) is 27.8 Å². The number of carbonyl (C=O) groups excluding carboxylic acids is 2. The zero-order valence-corrected chi connectivity index (χ0v) is 21.5. The van der Waals surface area contributed by atoms with Crippen LogP contribution in [0.1, 0.15) is 37.0 Å². The molecule has 0 saturated heterocycles. The molecule has 11 heteroatoms. The minimum atomic E-state index is -3.99. The highest BCUT2D eigenvalue weighted by Crippen LogP contribution is 2.28. The van der Waals surface area contributed by atoms with Gasteiger partial charge in [0.1, 0.15) is 12.6 Å². The second kappa shape index (κ2) is 11.8. The number of hydrogen-bond acceptors (Lipinski definition) is 6. The van der Waals surface area contributed by atoms with Crippen LogP contribution in [0.5, 0.6) is 0 Å². The number of nitro benzene ring substituents is 1. The molecule has 0 unspecified atom stereocenters. The van der Waals surface area contributed by atoms with Crippen LogP contribution in [0, 0.1) is 24.0 Å². The van der Waals surface area contributed by atoms with Gasteiger partial charge in [0.2, 0.25) is 21.8 Å². The molecule has 1 atom stereocenters. The number of rotatable bonds is 11. The van der Waals surface area contributed by atoms with Crippen molar-refractivity contribution in [2.75, 3.05) is 23.7 Å². The van der Waals surface area contributed by atoms with Crippen molar-refractivity contribution < 1.29 is 22.9 Å². The molecule has 0 aliphatic carbocycles. The highest BCUT2D eigenvalue weighted by atomic mass is 32.2. The Morgan fingerprint density at radius 3 is 2.34 bits per heavy atom. The summed E-state index contributed by atoms with van der Waals surface area (Å²) in [4.78, 5) is 38.4. The average molecular weight is 505 g/mol. The van der Waals surface area contributed by atoms with Crippen LogP contribution in [0.15, 0.2) is 42.5 Å². The molecule has 35 heavy (non-hydrogen) atoms. The van der Waals surface area contributed by atoms with E-state index in [2.05, 4.69) is 5.32 Å². The van der Waals surface area contributed by atoms with Crippen LogP contribution in [0.3, 0.4) is 0 Å². The maximum absolute atomic E-state index is 13.6. The zero-order valence-electron chi connectivity index (χ0n) is 20.6. The van der Waals surface area contributed by atoms with Gasteiger partial charge in [-0.3, -0.25) is 24.0 Å². The lowest BCUT2D eigenvalue weighted by Gasteiger charge is -2.33. The molecule has 0 bridgehead atoms. The molecule has 0 spiro atoms. The number of sulfonamides is 1. The van der Waals surface area contributed by atoms with Gasteiger partial charge in [-0.15, -0.1) is 0 Å². The maximum atomic E-state index is 13.6. The van der Waals surface area contributed by atoms with Crippen molar-refractivity contribution >= 4 is 33.2 Å². The molecule has 190 valence electrons. The predicted molar refractivity (Wildman–Crippen MR) is 135 cm³/mol. The van der Waals surface area contributed by atoms with Crippen LogP contribution in [-0.2, 0) is 26.2 Å². The largest absolute Gasteiger partial charge is 0.355 e. The first kappa shape index (κ1) is 27.8. The Morgan fingerprint density at radius 1 is 1.11 bits per heavy atom. The number of likely N-dealkylation sites (N-methyl/N-ethyl adjacent to an activating group) is 1.